The van der Waals surface area contributed by atoms with Crippen molar-refractivity contribution in [3.63, 3.8) is 0 Å². The maximum absolute atomic E-state index is 12.3. The molecule has 0 fully saturated rings. The van der Waals surface area contributed by atoms with E-state index in [1.807, 2.05) is 12.1 Å². The zero-order valence-corrected chi connectivity index (χ0v) is 12.2. The first kappa shape index (κ1) is 15.0. The summed E-state index contributed by atoms with van der Waals surface area (Å²) < 4.78 is 0. The minimum Gasteiger partial charge on any atom is -0.394 e. The van der Waals surface area contributed by atoms with Crippen LogP contribution in [0.4, 0.5) is 0 Å². The molecule has 0 aromatic heterocycles. The van der Waals surface area contributed by atoms with Crippen LogP contribution in [-0.2, 0) is 17.8 Å². The van der Waals surface area contributed by atoms with Crippen molar-refractivity contribution in [1.82, 2.24) is 10.6 Å². The van der Waals surface area contributed by atoms with Crippen LogP contribution in [0.2, 0.25) is 0 Å². The van der Waals surface area contributed by atoms with E-state index in [-0.39, 0.29) is 24.6 Å². The second-order valence-corrected chi connectivity index (χ2v) is 5.92. The number of amides is 1. The Balaban J connectivity index is 1.94. The number of aliphatic hydroxyl groups excluding tert-OH is 1. The molecule has 1 amide bonds. The predicted octanol–water partition coefficient (Wildman–Crippen LogP) is 1.22. The van der Waals surface area contributed by atoms with Gasteiger partial charge in [-0.05, 0) is 29.9 Å². The molecule has 1 aliphatic heterocycles. The lowest BCUT2D eigenvalue weighted by Gasteiger charge is -2.27. The zero-order chi connectivity index (χ0) is 14.5. The Morgan fingerprint density at radius 3 is 2.75 bits per heavy atom. The maximum Gasteiger partial charge on any atom is 0.237 e. The largest absolute Gasteiger partial charge is 0.394 e. The molecule has 0 radical (unpaired) electrons. The Kier molecular flexibility index (Phi) is 5.15. The molecule has 1 aromatic rings. The normalized spacial score (nSPS) is 19.5. The van der Waals surface area contributed by atoms with E-state index in [0.29, 0.717) is 12.3 Å². The van der Waals surface area contributed by atoms with Gasteiger partial charge in [0, 0.05) is 6.54 Å². The average Bonchev–Trinajstić information content (AvgIpc) is 2.45. The van der Waals surface area contributed by atoms with Crippen LogP contribution in [0, 0.1) is 5.92 Å². The summed E-state index contributed by atoms with van der Waals surface area (Å²) in [6, 6.07) is 7.84. The van der Waals surface area contributed by atoms with Crippen molar-refractivity contribution in [3.05, 3.63) is 35.4 Å². The Morgan fingerprint density at radius 2 is 2.10 bits per heavy atom. The SMILES string of the molecule is CC(C)CC(CO)NC(=O)[C@@H]1Cc2ccccc2CN1. The molecular formula is C16H24N2O2. The standard InChI is InChI=1S/C16H24N2O2/c1-11(2)7-14(10-19)18-16(20)15-8-12-5-3-4-6-13(12)9-17-15/h3-6,11,14-15,17,19H,7-10H2,1-2H3,(H,18,20)/t14?,15-/m0/s1. The number of hydrogen-bond donors (Lipinski definition) is 3. The van der Waals surface area contributed by atoms with Crippen LogP contribution in [0.25, 0.3) is 0 Å². The van der Waals surface area contributed by atoms with Crippen molar-refractivity contribution in [2.24, 2.45) is 5.92 Å². The third-order valence-electron chi connectivity index (χ3n) is 3.72. The highest BCUT2D eigenvalue weighted by Crippen LogP contribution is 2.16. The minimum absolute atomic E-state index is 0.00672. The molecule has 0 saturated heterocycles. The molecule has 3 N–H and O–H groups in total. The molecule has 1 aliphatic rings. The van der Waals surface area contributed by atoms with Crippen LogP contribution in [0.15, 0.2) is 24.3 Å². The van der Waals surface area contributed by atoms with Crippen molar-refractivity contribution in [2.75, 3.05) is 6.61 Å². The molecule has 0 aliphatic carbocycles. The number of benzene rings is 1. The van der Waals surface area contributed by atoms with Gasteiger partial charge >= 0.3 is 0 Å². The maximum atomic E-state index is 12.3. The predicted molar refractivity (Wildman–Crippen MR) is 79.2 cm³/mol. The molecule has 2 atom stereocenters. The second kappa shape index (κ2) is 6.86. The fourth-order valence-electron chi connectivity index (χ4n) is 2.69. The highest BCUT2D eigenvalue weighted by Gasteiger charge is 2.25. The molecule has 0 saturated carbocycles. The number of nitrogens with one attached hydrogen (secondary N) is 2. The van der Waals surface area contributed by atoms with Gasteiger partial charge in [-0.15, -0.1) is 0 Å². The lowest BCUT2D eigenvalue weighted by molar-refractivity contribution is -0.124. The molecule has 4 heteroatoms. The summed E-state index contributed by atoms with van der Waals surface area (Å²) in [5, 5.41) is 15.6. The summed E-state index contributed by atoms with van der Waals surface area (Å²) in [6.45, 7) is 4.89. The Hall–Kier alpha value is -1.39. The van der Waals surface area contributed by atoms with E-state index in [4.69, 9.17) is 0 Å². The molecule has 1 heterocycles. The third-order valence-corrected chi connectivity index (χ3v) is 3.72. The number of aliphatic hydroxyl groups is 1. The molecular weight excluding hydrogens is 252 g/mol. The second-order valence-electron chi connectivity index (χ2n) is 5.92. The van der Waals surface area contributed by atoms with E-state index in [1.165, 1.54) is 11.1 Å². The van der Waals surface area contributed by atoms with Gasteiger partial charge in [0.05, 0.1) is 18.7 Å². The summed E-state index contributed by atoms with van der Waals surface area (Å²) >= 11 is 0. The number of carbonyl (C=O) groups excluding carboxylic acids is 1. The van der Waals surface area contributed by atoms with Gasteiger partial charge in [-0.2, -0.15) is 0 Å². The number of hydrogen-bond acceptors (Lipinski definition) is 3. The van der Waals surface area contributed by atoms with E-state index in [9.17, 15) is 9.90 Å². The molecule has 4 nitrogen and oxygen atoms in total. The van der Waals surface area contributed by atoms with Crippen molar-refractivity contribution < 1.29 is 9.90 Å². The van der Waals surface area contributed by atoms with Gasteiger partial charge in [-0.3, -0.25) is 4.79 Å². The summed E-state index contributed by atoms with van der Waals surface area (Å²) in [5.41, 5.74) is 2.49. The summed E-state index contributed by atoms with van der Waals surface area (Å²) in [6.07, 6.45) is 1.51. The molecule has 1 unspecified atom stereocenters. The highest BCUT2D eigenvalue weighted by molar-refractivity contribution is 5.82. The minimum atomic E-state index is -0.203. The van der Waals surface area contributed by atoms with Gasteiger partial charge < -0.3 is 15.7 Å². The smallest absolute Gasteiger partial charge is 0.237 e. The third kappa shape index (κ3) is 3.81. The van der Waals surface area contributed by atoms with Crippen LogP contribution < -0.4 is 10.6 Å². The molecule has 2 rings (SSSR count). The Labute approximate surface area is 120 Å². The lowest BCUT2D eigenvalue weighted by Crippen LogP contribution is -2.51. The van der Waals surface area contributed by atoms with Crippen molar-refractivity contribution in [1.29, 1.82) is 0 Å². The van der Waals surface area contributed by atoms with Crippen molar-refractivity contribution in [3.8, 4) is 0 Å². The van der Waals surface area contributed by atoms with E-state index in [1.54, 1.807) is 0 Å². The van der Waals surface area contributed by atoms with E-state index in [2.05, 4.69) is 36.6 Å². The molecule has 0 bridgehead atoms. The monoisotopic (exact) mass is 276 g/mol. The van der Waals surface area contributed by atoms with Gasteiger partial charge in [-0.1, -0.05) is 38.1 Å². The van der Waals surface area contributed by atoms with Crippen molar-refractivity contribution >= 4 is 5.91 Å². The van der Waals surface area contributed by atoms with Crippen LogP contribution >= 0.6 is 0 Å². The Bertz CT molecular complexity index is 460. The van der Waals surface area contributed by atoms with Gasteiger partial charge in [0.25, 0.3) is 0 Å². The van der Waals surface area contributed by atoms with Gasteiger partial charge in [0.15, 0.2) is 0 Å². The van der Waals surface area contributed by atoms with Crippen molar-refractivity contribution in [2.45, 2.75) is 45.3 Å². The van der Waals surface area contributed by atoms with Gasteiger partial charge in [0.2, 0.25) is 5.91 Å². The van der Waals surface area contributed by atoms with Crippen LogP contribution in [0.5, 0.6) is 0 Å². The first-order chi connectivity index (χ1) is 9.60. The molecule has 1 aromatic carbocycles. The number of rotatable bonds is 5. The number of carbonyl (C=O) groups is 1. The fraction of sp³-hybridized carbons (Fsp3) is 0.562. The summed E-state index contributed by atoms with van der Waals surface area (Å²) in [4.78, 5) is 12.3. The van der Waals surface area contributed by atoms with Gasteiger partial charge in [-0.25, -0.2) is 0 Å². The summed E-state index contributed by atoms with van der Waals surface area (Å²) in [7, 11) is 0. The average molecular weight is 276 g/mol. The molecule has 0 spiro atoms. The zero-order valence-electron chi connectivity index (χ0n) is 12.2. The van der Waals surface area contributed by atoms with Crippen LogP contribution in [0.3, 0.4) is 0 Å². The first-order valence-corrected chi connectivity index (χ1v) is 7.31. The molecule has 20 heavy (non-hydrogen) atoms. The Morgan fingerprint density at radius 1 is 1.40 bits per heavy atom. The van der Waals surface area contributed by atoms with Crippen LogP contribution in [0.1, 0.15) is 31.4 Å². The van der Waals surface area contributed by atoms with E-state index >= 15 is 0 Å². The summed E-state index contributed by atoms with van der Waals surface area (Å²) in [5.74, 6) is 0.437. The van der Waals surface area contributed by atoms with E-state index < -0.39 is 0 Å². The van der Waals surface area contributed by atoms with Crippen LogP contribution in [-0.4, -0.2) is 29.7 Å². The lowest BCUT2D eigenvalue weighted by atomic mass is 9.95. The fourth-order valence-corrected chi connectivity index (χ4v) is 2.69. The van der Waals surface area contributed by atoms with E-state index in [0.717, 1.165) is 13.0 Å². The first-order valence-electron chi connectivity index (χ1n) is 7.31. The molecule has 110 valence electrons. The van der Waals surface area contributed by atoms with Gasteiger partial charge in [0.1, 0.15) is 0 Å². The topological polar surface area (TPSA) is 61.4 Å². The highest BCUT2D eigenvalue weighted by atomic mass is 16.3. The number of fused-ring (bicyclic) bond motifs is 1. The quantitative estimate of drug-likeness (QED) is 0.758.